The maximum absolute atomic E-state index is 15.2. The SMILES string of the molecule is [C-]#[N+]c1ccc(-c2c(-n3c4cc(C)ccc4c4ccc(C)cc43)cc(C#N)cc2-n2c3cc(C)ccc3c3ccc(C)cc32)c(C(F)(F)F)c1. The Labute approximate surface area is 286 Å². The van der Waals surface area contributed by atoms with Crippen LogP contribution in [0.5, 0.6) is 0 Å². The molecule has 0 radical (unpaired) electrons. The highest BCUT2D eigenvalue weighted by Gasteiger charge is 2.36. The molecular weight excluding hydrogens is 629 g/mol. The Bertz CT molecular complexity index is 2550. The van der Waals surface area contributed by atoms with Gasteiger partial charge in [-0.2, -0.15) is 18.4 Å². The summed E-state index contributed by atoms with van der Waals surface area (Å²) in [5, 5.41) is 14.3. The molecule has 4 nitrogen and oxygen atoms in total. The zero-order valence-corrected chi connectivity index (χ0v) is 27.7. The van der Waals surface area contributed by atoms with Crippen LogP contribution in [0.1, 0.15) is 33.4 Å². The fraction of sp³-hybridized carbons (Fsp3) is 0.116. The second kappa shape index (κ2) is 11.1. The van der Waals surface area contributed by atoms with Crippen molar-refractivity contribution in [1.82, 2.24) is 9.13 Å². The number of hydrogen-bond acceptors (Lipinski definition) is 1. The van der Waals surface area contributed by atoms with Gasteiger partial charge in [-0.15, -0.1) is 0 Å². The predicted molar refractivity (Wildman–Crippen MR) is 195 cm³/mol. The molecule has 0 atom stereocenters. The molecule has 0 aliphatic heterocycles. The van der Waals surface area contributed by atoms with Crippen molar-refractivity contribution in [2.45, 2.75) is 33.9 Å². The van der Waals surface area contributed by atoms with Gasteiger partial charge >= 0.3 is 6.18 Å². The standard InChI is InChI=1S/C43H29F3N4/c1-24-6-11-30-31-12-7-25(2)17-37(31)49(36(30)16-24)40-20-28(23-47)21-41(42(40)34-15-10-29(48-5)22-35(34)43(44,45)46)50-38-18-26(3)8-13-32(38)33-14-9-27(4)19-39(33)50/h6-22H,1-4H3. The van der Waals surface area contributed by atoms with E-state index in [9.17, 15) is 5.26 Å². The molecule has 7 heteroatoms. The van der Waals surface area contributed by atoms with Gasteiger partial charge in [0.15, 0.2) is 5.69 Å². The summed E-state index contributed by atoms with van der Waals surface area (Å²) in [6.45, 7) is 15.5. The monoisotopic (exact) mass is 658 g/mol. The van der Waals surface area contributed by atoms with Crippen LogP contribution in [0.15, 0.2) is 103 Å². The lowest BCUT2D eigenvalue weighted by Gasteiger charge is -2.23. The average molecular weight is 659 g/mol. The third-order valence-corrected chi connectivity index (χ3v) is 9.57. The maximum atomic E-state index is 15.2. The molecule has 0 amide bonds. The quantitative estimate of drug-likeness (QED) is 0.174. The van der Waals surface area contributed by atoms with Crippen LogP contribution in [0.4, 0.5) is 18.9 Å². The van der Waals surface area contributed by atoms with Gasteiger partial charge in [0.05, 0.1) is 57.2 Å². The van der Waals surface area contributed by atoms with Crippen molar-refractivity contribution in [3.8, 4) is 28.6 Å². The number of aryl methyl sites for hydroxylation is 4. The summed E-state index contributed by atoms with van der Waals surface area (Å²) in [7, 11) is 0. The first-order valence-corrected chi connectivity index (χ1v) is 16.2. The van der Waals surface area contributed by atoms with Crippen LogP contribution < -0.4 is 0 Å². The molecule has 2 aromatic heterocycles. The normalized spacial score (nSPS) is 11.9. The highest BCUT2D eigenvalue weighted by atomic mass is 19.4. The van der Waals surface area contributed by atoms with E-state index in [1.165, 1.54) is 12.1 Å². The minimum Gasteiger partial charge on any atom is -0.308 e. The average Bonchev–Trinajstić information content (AvgIpc) is 3.57. The van der Waals surface area contributed by atoms with E-state index in [2.05, 4.69) is 10.9 Å². The highest BCUT2D eigenvalue weighted by Crippen LogP contribution is 2.47. The molecule has 50 heavy (non-hydrogen) atoms. The molecule has 6 aromatic carbocycles. The zero-order valence-electron chi connectivity index (χ0n) is 27.7. The molecule has 0 unspecified atom stereocenters. The van der Waals surface area contributed by atoms with E-state index in [-0.39, 0.29) is 11.3 Å². The van der Waals surface area contributed by atoms with Crippen molar-refractivity contribution < 1.29 is 13.2 Å². The van der Waals surface area contributed by atoms with Crippen molar-refractivity contribution >= 4 is 49.3 Å². The number of hydrogen-bond donors (Lipinski definition) is 0. The summed E-state index contributed by atoms with van der Waals surface area (Å²) in [4.78, 5) is 3.35. The largest absolute Gasteiger partial charge is 0.415 e. The van der Waals surface area contributed by atoms with Gasteiger partial charge in [-0.1, -0.05) is 60.7 Å². The lowest BCUT2D eigenvalue weighted by Crippen LogP contribution is -2.11. The van der Waals surface area contributed by atoms with Gasteiger partial charge in [-0.3, -0.25) is 0 Å². The molecule has 0 aliphatic rings. The molecule has 8 rings (SSSR count). The predicted octanol–water partition coefficient (Wildman–Crippen LogP) is 12.2. The van der Waals surface area contributed by atoms with Crippen molar-refractivity contribution in [3.63, 3.8) is 0 Å². The van der Waals surface area contributed by atoms with Crippen molar-refractivity contribution in [1.29, 1.82) is 5.26 Å². The van der Waals surface area contributed by atoms with Gasteiger partial charge in [-0.05, 0) is 98.0 Å². The van der Waals surface area contributed by atoms with E-state index in [4.69, 9.17) is 6.57 Å². The van der Waals surface area contributed by atoms with Gasteiger partial charge in [0.25, 0.3) is 0 Å². The van der Waals surface area contributed by atoms with Gasteiger partial charge in [0, 0.05) is 27.1 Å². The summed E-state index contributed by atoms with van der Waals surface area (Å²) in [5.41, 5.74) is 7.58. The number of nitriles is 1. The first kappa shape index (κ1) is 31.0. The van der Waals surface area contributed by atoms with Crippen molar-refractivity contribution in [2.75, 3.05) is 0 Å². The molecule has 0 bridgehead atoms. The summed E-state index contributed by atoms with van der Waals surface area (Å²) in [6.07, 6.45) is -4.78. The topological polar surface area (TPSA) is 38.0 Å². The summed E-state index contributed by atoms with van der Waals surface area (Å²) >= 11 is 0. The molecule has 0 fully saturated rings. The Morgan fingerprint density at radius 3 is 1.32 bits per heavy atom. The van der Waals surface area contributed by atoms with Crippen LogP contribution in [-0.2, 0) is 6.18 Å². The number of nitrogens with zero attached hydrogens (tertiary/aromatic N) is 4. The second-order valence-corrected chi connectivity index (χ2v) is 13.1. The number of alkyl halides is 3. The summed E-state index contributed by atoms with van der Waals surface area (Å²) < 4.78 is 49.6. The molecule has 2 heterocycles. The summed E-state index contributed by atoms with van der Waals surface area (Å²) in [5.74, 6) is 0. The number of rotatable bonds is 3. The van der Waals surface area contributed by atoms with Gasteiger partial charge < -0.3 is 9.13 Å². The van der Waals surface area contributed by atoms with Gasteiger partial charge in [0.1, 0.15) is 0 Å². The number of aromatic nitrogens is 2. The van der Waals surface area contributed by atoms with E-state index < -0.39 is 11.7 Å². The zero-order chi connectivity index (χ0) is 35.1. The third-order valence-electron chi connectivity index (χ3n) is 9.57. The molecule has 8 aromatic rings. The minimum absolute atomic E-state index is 0.0787. The van der Waals surface area contributed by atoms with Gasteiger partial charge in [0.2, 0.25) is 0 Å². The van der Waals surface area contributed by atoms with E-state index in [1.54, 1.807) is 12.1 Å². The van der Waals surface area contributed by atoms with Crippen LogP contribution >= 0.6 is 0 Å². The van der Waals surface area contributed by atoms with Crippen molar-refractivity contribution in [2.24, 2.45) is 0 Å². The van der Waals surface area contributed by atoms with Crippen molar-refractivity contribution in [3.05, 3.63) is 148 Å². The van der Waals surface area contributed by atoms with Crippen LogP contribution in [0, 0.1) is 45.6 Å². The van der Waals surface area contributed by atoms with Gasteiger partial charge in [-0.25, -0.2) is 4.85 Å². The molecule has 0 N–H and O–H groups in total. The Morgan fingerprint density at radius 1 is 0.580 bits per heavy atom. The molecular formula is C43H29F3N4. The Kier molecular flexibility index (Phi) is 6.89. The van der Waals surface area contributed by atoms with E-state index >= 15 is 13.2 Å². The second-order valence-electron chi connectivity index (χ2n) is 13.1. The molecule has 0 aliphatic carbocycles. The van der Waals surface area contributed by atoms with E-state index in [1.807, 2.05) is 110 Å². The number of halogens is 3. The van der Waals surface area contributed by atoms with Crippen LogP contribution in [0.2, 0.25) is 0 Å². The Morgan fingerprint density at radius 2 is 0.980 bits per heavy atom. The molecule has 0 spiro atoms. The molecule has 242 valence electrons. The van der Waals surface area contributed by atoms with Crippen LogP contribution in [0.3, 0.4) is 0 Å². The van der Waals surface area contributed by atoms with Crippen LogP contribution in [0.25, 0.3) is 71.0 Å². The first-order valence-electron chi connectivity index (χ1n) is 16.2. The maximum Gasteiger partial charge on any atom is 0.415 e. The fourth-order valence-corrected chi connectivity index (χ4v) is 7.36. The Balaban J connectivity index is 1.66. The highest BCUT2D eigenvalue weighted by molar-refractivity contribution is 6.12. The fourth-order valence-electron chi connectivity index (χ4n) is 7.36. The smallest absolute Gasteiger partial charge is 0.308 e. The van der Waals surface area contributed by atoms with E-state index in [0.29, 0.717) is 22.5 Å². The van der Waals surface area contributed by atoms with Crippen LogP contribution in [-0.4, -0.2) is 9.13 Å². The number of benzene rings is 6. The van der Waals surface area contributed by atoms with E-state index in [0.717, 1.165) is 71.9 Å². The molecule has 0 saturated heterocycles. The third kappa shape index (κ3) is 4.74. The summed E-state index contributed by atoms with van der Waals surface area (Å²) in [6, 6.07) is 33.9. The number of fused-ring (bicyclic) bond motifs is 6. The first-order chi connectivity index (χ1) is 24.0. The Hall–Kier alpha value is -6.31. The lowest BCUT2D eigenvalue weighted by atomic mass is 9.93. The molecule has 0 saturated carbocycles. The minimum atomic E-state index is -4.78. The lowest BCUT2D eigenvalue weighted by molar-refractivity contribution is -0.137.